The lowest BCUT2D eigenvalue weighted by Gasteiger charge is -2.29. The first-order chi connectivity index (χ1) is 9.81. The Morgan fingerprint density at radius 3 is 3.25 bits per heavy atom. The SMILES string of the molecule is O[C@H](COCc1cccs1)CN1CCn2ccnc2C1. The fourth-order valence-electron chi connectivity index (χ4n) is 2.42. The molecule has 0 aromatic carbocycles. The molecule has 3 heterocycles. The fourth-order valence-corrected chi connectivity index (χ4v) is 3.06. The number of imidazole rings is 1. The Labute approximate surface area is 122 Å². The highest BCUT2D eigenvalue weighted by molar-refractivity contribution is 7.09. The third kappa shape index (κ3) is 3.46. The molecule has 5 nitrogen and oxygen atoms in total. The van der Waals surface area contributed by atoms with Crippen LogP contribution in [0.2, 0.25) is 0 Å². The molecule has 0 unspecified atom stereocenters. The van der Waals surface area contributed by atoms with Crippen LogP contribution in [-0.4, -0.2) is 45.4 Å². The molecule has 0 spiro atoms. The van der Waals surface area contributed by atoms with Crippen LogP contribution in [0.15, 0.2) is 29.9 Å². The number of fused-ring (bicyclic) bond motifs is 1. The van der Waals surface area contributed by atoms with E-state index in [-0.39, 0.29) is 0 Å². The predicted octanol–water partition coefficient (Wildman–Crippen LogP) is 1.34. The van der Waals surface area contributed by atoms with Crippen molar-refractivity contribution in [3.8, 4) is 0 Å². The molecule has 2 aromatic rings. The van der Waals surface area contributed by atoms with Crippen LogP contribution in [0, 0.1) is 0 Å². The van der Waals surface area contributed by atoms with Gasteiger partial charge >= 0.3 is 0 Å². The number of thiophene rings is 1. The summed E-state index contributed by atoms with van der Waals surface area (Å²) < 4.78 is 7.71. The number of β-amino-alcohol motifs (C(OH)–C–C–N with tert-alkyl or cyclic N) is 1. The summed E-state index contributed by atoms with van der Waals surface area (Å²) >= 11 is 1.68. The number of aliphatic hydroxyl groups excluding tert-OH is 1. The molecule has 6 heteroatoms. The van der Waals surface area contributed by atoms with Gasteiger partial charge in [-0.15, -0.1) is 11.3 Å². The van der Waals surface area contributed by atoms with Crippen LogP contribution in [0.5, 0.6) is 0 Å². The van der Waals surface area contributed by atoms with Gasteiger partial charge in [0.15, 0.2) is 0 Å². The zero-order valence-electron chi connectivity index (χ0n) is 11.3. The molecule has 2 aromatic heterocycles. The average molecular weight is 293 g/mol. The van der Waals surface area contributed by atoms with E-state index in [0.29, 0.717) is 19.8 Å². The highest BCUT2D eigenvalue weighted by Gasteiger charge is 2.19. The Bertz CT molecular complexity index is 526. The van der Waals surface area contributed by atoms with Crippen molar-refractivity contribution in [2.24, 2.45) is 0 Å². The van der Waals surface area contributed by atoms with Crippen molar-refractivity contribution >= 4 is 11.3 Å². The maximum atomic E-state index is 10.0. The molecule has 0 fully saturated rings. The Kier molecular flexibility index (Phi) is 4.47. The van der Waals surface area contributed by atoms with Gasteiger partial charge in [0.25, 0.3) is 0 Å². The molecule has 0 amide bonds. The molecule has 0 saturated carbocycles. The Balaban J connectivity index is 1.40. The van der Waals surface area contributed by atoms with Gasteiger partial charge in [-0.2, -0.15) is 0 Å². The average Bonchev–Trinajstić information content (AvgIpc) is 3.08. The molecule has 0 saturated heterocycles. The minimum atomic E-state index is -0.448. The number of aliphatic hydroxyl groups is 1. The summed E-state index contributed by atoms with van der Waals surface area (Å²) in [6.45, 7) is 4.29. The summed E-state index contributed by atoms with van der Waals surface area (Å²) in [5.41, 5.74) is 0. The van der Waals surface area contributed by atoms with Crippen LogP contribution in [-0.2, 0) is 24.4 Å². The number of hydrogen-bond donors (Lipinski definition) is 1. The molecular weight excluding hydrogens is 274 g/mol. The minimum absolute atomic E-state index is 0.378. The van der Waals surface area contributed by atoms with E-state index in [4.69, 9.17) is 4.74 Å². The third-order valence-corrected chi connectivity index (χ3v) is 4.28. The summed E-state index contributed by atoms with van der Waals surface area (Å²) in [4.78, 5) is 7.74. The van der Waals surface area contributed by atoms with Gasteiger partial charge in [0.05, 0.1) is 25.9 Å². The second-order valence-electron chi connectivity index (χ2n) is 5.02. The van der Waals surface area contributed by atoms with E-state index in [1.165, 1.54) is 4.88 Å². The van der Waals surface area contributed by atoms with Crippen molar-refractivity contribution in [1.82, 2.24) is 14.5 Å². The van der Waals surface area contributed by atoms with Crippen molar-refractivity contribution in [2.45, 2.75) is 25.8 Å². The summed E-state index contributed by atoms with van der Waals surface area (Å²) in [6.07, 6.45) is 3.39. The van der Waals surface area contributed by atoms with Gasteiger partial charge in [-0.05, 0) is 11.4 Å². The molecular formula is C14H19N3O2S. The van der Waals surface area contributed by atoms with E-state index in [0.717, 1.165) is 25.5 Å². The molecule has 20 heavy (non-hydrogen) atoms. The molecule has 0 radical (unpaired) electrons. The predicted molar refractivity (Wildman–Crippen MR) is 77.5 cm³/mol. The zero-order valence-corrected chi connectivity index (χ0v) is 12.1. The fraction of sp³-hybridized carbons (Fsp3) is 0.500. The standard InChI is InChI=1S/C14H19N3O2S/c18-12(10-19-11-13-2-1-7-20-13)8-16-5-6-17-4-3-15-14(17)9-16/h1-4,7,12,18H,5-6,8-11H2/t12-/m0/s1. The van der Waals surface area contributed by atoms with Crippen LogP contribution in [0.25, 0.3) is 0 Å². The highest BCUT2D eigenvalue weighted by Crippen LogP contribution is 2.12. The number of rotatable bonds is 6. The highest BCUT2D eigenvalue weighted by atomic mass is 32.1. The molecule has 108 valence electrons. The van der Waals surface area contributed by atoms with Crippen molar-refractivity contribution in [3.63, 3.8) is 0 Å². The largest absolute Gasteiger partial charge is 0.389 e. The number of hydrogen-bond acceptors (Lipinski definition) is 5. The lowest BCUT2D eigenvalue weighted by Crippen LogP contribution is -2.40. The zero-order chi connectivity index (χ0) is 13.8. The van der Waals surface area contributed by atoms with Crippen molar-refractivity contribution < 1.29 is 9.84 Å². The van der Waals surface area contributed by atoms with Crippen LogP contribution in [0.4, 0.5) is 0 Å². The maximum absolute atomic E-state index is 10.0. The first kappa shape index (κ1) is 13.8. The van der Waals surface area contributed by atoms with E-state index >= 15 is 0 Å². The van der Waals surface area contributed by atoms with Crippen molar-refractivity contribution in [1.29, 1.82) is 0 Å². The van der Waals surface area contributed by atoms with Gasteiger partial charge in [0.1, 0.15) is 5.82 Å². The number of nitrogens with zero attached hydrogens (tertiary/aromatic N) is 3. The van der Waals surface area contributed by atoms with Crippen LogP contribution in [0.3, 0.4) is 0 Å². The van der Waals surface area contributed by atoms with Crippen molar-refractivity contribution in [2.75, 3.05) is 19.7 Å². The molecule has 1 aliphatic rings. The molecule has 1 aliphatic heterocycles. The second-order valence-corrected chi connectivity index (χ2v) is 6.05. The summed E-state index contributed by atoms with van der Waals surface area (Å²) in [6, 6.07) is 4.05. The lowest BCUT2D eigenvalue weighted by atomic mass is 10.3. The van der Waals surface area contributed by atoms with Gasteiger partial charge in [-0.25, -0.2) is 4.98 Å². The van der Waals surface area contributed by atoms with Gasteiger partial charge in [0, 0.05) is 36.9 Å². The maximum Gasteiger partial charge on any atom is 0.122 e. The van der Waals surface area contributed by atoms with E-state index in [9.17, 15) is 5.11 Å². The first-order valence-corrected chi connectivity index (χ1v) is 7.70. The summed E-state index contributed by atoms with van der Waals surface area (Å²) in [7, 11) is 0. The molecule has 0 aliphatic carbocycles. The molecule has 1 N–H and O–H groups in total. The first-order valence-electron chi connectivity index (χ1n) is 6.82. The van der Waals surface area contributed by atoms with Crippen LogP contribution in [0.1, 0.15) is 10.7 Å². The smallest absolute Gasteiger partial charge is 0.122 e. The normalized spacial score (nSPS) is 17.1. The van der Waals surface area contributed by atoms with Crippen molar-refractivity contribution in [3.05, 3.63) is 40.6 Å². The van der Waals surface area contributed by atoms with Gasteiger partial charge < -0.3 is 14.4 Å². The Morgan fingerprint density at radius 2 is 2.40 bits per heavy atom. The van der Waals surface area contributed by atoms with Gasteiger partial charge in [-0.3, -0.25) is 4.90 Å². The quantitative estimate of drug-likeness (QED) is 0.873. The van der Waals surface area contributed by atoms with Gasteiger partial charge in [0.2, 0.25) is 0 Å². The van der Waals surface area contributed by atoms with Gasteiger partial charge in [-0.1, -0.05) is 6.07 Å². The van der Waals surface area contributed by atoms with Crippen LogP contribution < -0.4 is 0 Å². The number of aromatic nitrogens is 2. The summed E-state index contributed by atoms with van der Waals surface area (Å²) in [5, 5.41) is 12.1. The lowest BCUT2D eigenvalue weighted by molar-refractivity contribution is 0.00615. The minimum Gasteiger partial charge on any atom is -0.389 e. The molecule has 0 bridgehead atoms. The van der Waals surface area contributed by atoms with E-state index in [2.05, 4.69) is 14.5 Å². The summed E-state index contributed by atoms with van der Waals surface area (Å²) in [5.74, 6) is 1.07. The van der Waals surface area contributed by atoms with E-state index < -0.39 is 6.10 Å². The number of ether oxygens (including phenoxy) is 1. The topological polar surface area (TPSA) is 50.5 Å². The molecule has 3 rings (SSSR count). The van der Waals surface area contributed by atoms with Crippen LogP contribution >= 0.6 is 11.3 Å². The Morgan fingerprint density at radius 1 is 1.45 bits per heavy atom. The Hall–Kier alpha value is -1.21. The third-order valence-electron chi connectivity index (χ3n) is 3.43. The molecule has 1 atom stereocenters. The van der Waals surface area contributed by atoms with E-state index in [1.54, 1.807) is 11.3 Å². The second kappa shape index (κ2) is 6.49. The van der Waals surface area contributed by atoms with E-state index in [1.807, 2.05) is 29.9 Å². The monoisotopic (exact) mass is 293 g/mol.